The van der Waals surface area contributed by atoms with Gasteiger partial charge in [0.2, 0.25) is 0 Å². The van der Waals surface area contributed by atoms with Gasteiger partial charge >= 0.3 is 6.18 Å². The molecule has 1 aromatic heterocycles. The minimum atomic E-state index is -4.35. The molecule has 9 rings (SSSR count). The number of halogens is 3. The van der Waals surface area contributed by atoms with Crippen molar-refractivity contribution in [1.29, 1.82) is 0 Å². The highest BCUT2D eigenvalue weighted by atomic mass is 19.4. The van der Waals surface area contributed by atoms with Gasteiger partial charge in [0.25, 0.3) is 11.8 Å². The molecule has 5 aromatic rings. The first kappa shape index (κ1) is 55.5. The summed E-state index contributed by atoms with van der Waals surface area (Å²) in [7, 11) is 6.25. The molecule has 14 heteroatoms. The highest BCUT2D eigenvalue weighted by molar-refractivity contribution is 6.07. The van der Waals surface area contributed by atoms with Crippen LogP contribution < -0.4 is 5.32 Å². The van der Waals surface area contributed by atoms with Gasteiger partial charge in [0.15, 0.2) is 0 Å². The van der Waals surface area contributed by atoms with Gasteiger partial charge in [-0.25, -0.2) is 9.97 Å². The monoisotopic (exact) mass is 1030 g/mol. The van der Waals surface area contributed by atoms with Crippen molar-refractivity contribution in [3.8, 4) is 11.1 Å². The summed E-state index contributed by atoms with van der Waals surface area (Å²) in [5, 5.41) is 3.15. The number of piperazine rings is 1. The van der Waals surface area contributed by atoms with Crippen LogP contribution in [0.4, 0.5) is 18.9 Å². The number of alkyl halides is 3. The molecule has 75 heavy (non-hydrogen) atoms. The van der Waals surface area contributed by atoms with E-state index in [1.54, 1.807) is 19.2 Å². The predicted octanol–water partition coefficient (Wildman–Crippen LogP) is 11.3. The summed E-state index contributed by atoms with van der Waals surface area (Å²) >= 11 is 0. The number of carbonyl (C=O) groups excluding carboxylic acids is 2. The average molecular weight is 1030 g/mol. The van der Waals surface area contributed by atoms with Crippen LogP contribution in [0.25, 0.3) is 17.2 Å². The highest BCUT2D eigenvalue weighted by Gasteiger charge is 2.42. The van der Waals surface area contributed by atoms with Crippen LogP contribution in [-0.4, -0.2) is 132 Å². The van der Waals surface area contributed by atoms with E-state index in [-0.39, 0.29) is 29.4 Å². The molecule has 2 amide bonds. The third kappa shape index (κ3) is 13.6. The number of carbonyl (C=O) groups is 2. The lowest BCUT2D eigenvalue weighted by Crippen LogP contribution is -2.62. The van der Waals surface area contributed by atoms with E-state index in [2.05, 4.69) is 121 Å². The second-order valence-corrected chi connectivity index (χ2v) is 22.1. The Kier molecular flexibility index (Phi) is 17.8. The van der Waals surface area contributed by atoms with Crippen molar-refractivity contribution in [1.82, 2.24) is 24.7 Å². The molecule has 11 nitrogen and oxygen atoms in total. The number of ether oxygens (including phenoxy) is 2. The van der Waals surface area contributed by atoms with E-state index in [1.807, 2.05) is 30.9 Å². The van der Waals surface area contributed by atoms with Gasteiger partial charge in [-0.05, 0) is 131 Å². The number of hydrogen-bond donors (Lipinski definition) is 1. The van der Waals surface area contributed by atoms with E-state index in [1.165, 1.54) is 34.1 Å². The number of nitrogens with zero attached hydrogens (tertiary/aromatic N) is 6. The maximum Gasteiger partial charge on any atom is 0.416 e. The molecule has 3 fully saturated rings. The normalized spacial score (nSPS) is 19.2. The molecule has 4 aromatic carbocycles. The minimum Gasteiger partial charge on any atom is -0.383 e. The number of amides is 2. The molecule has 4 aliphatic rings. The Bertz CT molecular complexity index is 2750. The lowest BCUT2D eigenvalue weighted by atomic mass is 9.86. The summed E-state index contributed by atoms with van der Waals surface area (Å²) in [5.74, 6) is -0.000517. The fourth-order valence-electron chi connectivity index (χ4n) is 11.6. The van der Waals surface area contributed by atoms with Crippen molar-refractivity contribution in [3.05, 3.63) is 153 Å². The Labute approximate surface area is 442 Å². The Morgan fingerprint density at radius 2 is 1.51 bits per heavy atom. The van der Waals surface area contributed by atoms with Gasteiger partial charge in [0.1, 0.15) is 12.9 Å². The zero-order valence-electron chi connectivity index (χ0n) is 45.3. The van der Waals surface area contributed by atoms with Crippen LogP contribution in [0.1, 0.15) is 114 Å². The van der Waals surface area contributed by atoms with E-state index in [4.69, 9.17) is 9.47 Å². The molecule has 0 bridgehead atoms. The van der Waals surface area contributed by atoms with Crippen molar-refractivity contribution < 1.29 is 36.7 Å². The molecule has 3 aliphatic heterocycles. The largest absolute Gasteiger partial charge is 0.416 e. The number of benzene rings is 4. The summed E-state index contributed by atoms with van der Waals surface area (Å²) in [6.45, 7) is 17.2. The van der Waals surface area contributed by atoms with E-state index >= 15 is 0 Å². The minimum absolute atomic E-state index is 0.000198. The quantitative estimate of drug-likeness (QED) is 0.123. The molecule has 3 saturated heterocycles. The second kappa shape index (κ2) is 24.1. The molecular formula is C61H77F3N7O4+. The third-order valence-corrected chi connectivity index (χ3v) is 16.4. The van der Waals surface area contributed by atoms with Gasteiger partial charge in [-0.2, -0.15) is 13.2 Å². The molecule has 0 saturated carbocycles. The maximum atomic E-state index is 13.2. The molecule has 400 valence electrons. The Morgan fingerprint density at radius 1 is 0.853 bits per heavy atom. The second-order valence-electron chi connectivity index (χ2n) is 22.1. The first-order valence-corrected chi connectivity index (χ1v) is 26.8. The fourth-order valence-corrected chi connectivity index (χ4v) is 11.6. The number of methoxy groups -OCH3 is 1. The fraction of sp³-hybridized carbons (Fsp3) is 0.475. The summed E-state index contributed by atoms with van der Waals surface area (Å²) in [6, 6.07) is 29.8. The van der Waals surface area contributed by atoms with Gasteiger partial charge in [-0.15, -0.1) is 0 Å². The van der Waals surface area contributed by atoms with Crippen LogP contribution in [0.5, 0.6) is 0 Å². The first-order valence-electron chi connectivity index (χ1n) is 26.8. The molecule has 0 unspecified atom stereocenters. The summed E-state index contributed by atoms with van der Waals surface area (Å²) in [4.78, 5) is 41.7. The van der Waals surface area contributed by atoms with Gasteiger partial charge in [0, 0.05) is 81.1 Å². The molecule has 0 spiro atoms. The zero-order chi connectivity index (χ0) is 53.5. The predicted molar refractivity (Wildman–Crippen MR) is 291 cm³/mol. The lowest BCUT2D eigenvalue weighted by molar-refractivity contribution is -0.929. The van der Waals surface area contributed by atoms with Gasteiger partial charge in [-0.3, -0.25) is 19.4 Å². The number of anilines is 1. The number of fused-ring (bicyclic) bond motifs is 1. The lowest BCUT2D eigenvalue weighted by Gasteiger charge is -2.52. The standard InChI is InChI=1S/C33H38N2O2.C28H38F3N5O2/c1-24-7-11-27(12-8-24)28-14-13-26-5-4-6-29(22-30(26)21-28)33(36)34-31-15-9-25(10-16-31)23-35(2,3)32-17-19-37-20-18-32;1-19-16-35(14-15-36(19)24(17-38-5)22-6-8-23(9-7-22)28(29,30)31)27(4)10-12-34(13-11-27)26(37)25-20(2)32-18-33-21(25)3/h7-16,21-22,32H,4-6,17-20,23H2,1-3H3;6-9,18-19,24H,10-17H2,1-5H3/p+1/t;19-,24-/m.0/s1. The number of aryl methyl sites for hydroxylation is 4. The van der Waals surface area contributed by atoms with Crippen molar-refractivity contribution in [3.63, 3.8) is 0 Å². The number of nitrogens with one attached hydrogen (secondary N) is 1. The molecule has 1 aliphatic carbocycles. The zero-order valence-corrected chi connectivity index (χ0v) is 45.3. The Balaban J connectivity index is 0.000000199. The number of hydrogen-bond acceptors (Lipinski definition) is 8. The number of quaternary nitrogens is 1. The molecule has 0 radical (unpaired) electrons. The number of rotatable bonds is 12. The average Bonchev–Trinajstić information content (AvgIpc) is 3.62. The van der Waals surface area contributed by atoms with Gasteiger partial charge < -0.3 is 24.2 Å². The number of aromatic nitrogens is 2. The smallest absolute Gasteiger partial charge is 0.383 e. The number of likely N-dealkylation sites (tertiary alicyclic amines) is 1. The van der Waals surface area contributed by atoms with Crippen molar-refractivity contribution in [2.45, 2.75) is 116 Å². The molecular weight excluding hydrogens is 952 g/mol. The Hall–Kier alpha value is -5.77. The van der Waals surface area contributed by atoms with Crippen molar-refractivity contribution in [2.75, 3.05) is 79.1 Å². The van der Waals surface area contributed by atoms with E-state index in [0.29, 0.717) is 42.7 Å². The molecule has 2 atom stereocenters. The molecule has 4 heterocycles. The van der Waals surface area contributed by atoms with E-state index in [0.717, 1.165) is 123 Å². The maximum absolute atomic E-state index is 13.2. The van der Waals surface area contributed by atoms with Crippen LogP contribution in [-0.2, 0) is 33.4 Å². The summed E-state index contributed by atoms with van der Waals surface area (Å²) in [6.07, 6.45) is 5.97. The summed E-state index contributed by atoms with van der Waals surface area (Å²) < 4.78 is 51.2. The topological polar surface area (TPSA) is 100 Å². The number of piperidine rings is 1. The third-order valence-electron chi connectivity index (χ3n) is 16.4. The Morgan fingerprint density at radius 3 is 2.13 bits per heavy atom. The van der Waals surface area contributed by atoms with Crippen LogP contribution >= 0.6 is 0 Å². The SMILES string of the molecule is COC[C@@H](c1ccc(C(F)(F)F)cc1)N1CCN(C2(C)CCN(C(=O)c3c(C)ncnc3C)CC2)C[C@@H]1C.Cc1ccc(-c2ccc3c(c2)C=C(C(=O)Nc2ccc(C[N+](C)(C)C4CCOCC4)cc2)CCC3)cc1. The van der Waals surface area contributed by atoms with E-state index < -0.39 is 11.7 Å². The van der Waals surface area contributed by atoms with Crippen LogP contribution in [0.3, 0.4) is 0 Å². The summed E-state index contributed by atoms with van der Waals surface area (Å²) in [5.41, 5.74) is 11.3. The van der Waals surface area contributed by atoms with Crippen molar-refractivity contribution in [2.24, 2.45) is 0 Å². The van der Waals surface area contributed by atoms with Gasteiger partial charge in [-0.1, -0.05) is 66.2 Å². The van der Waals surface area contributed by atoms with E-state index in [9.17, 15) is 22.8 Å². The van der Waals surface area contributed by atoms with Crippen LogP contribution in [0.15, 0.2) is 103 Å². The molecule has 1 N–H and O–H groups in total. The van der Waals surface area contributed by atoms with Crippen LogP contribution in [0, 0.1) is 20.8 Å². The highest BCUT2D eigenvalue weighted by Crippen LogP contribution is 2.36. The van der Waals surface area contributed by atoms with Crippen molar-refractivity contribution >= 4 is 23.6 Å². The first-order chi connectivity index (χ1) is 35.8. The van der Waals surface area contributed by atoms with Crippen LogP contribution in [0.2, 0.25) is 0 Å². The van der Waals surface area contributed by atoms with Gasteiger partial charge in [0.05, 0.1) is 68.5 Å².